The van der Waals surface area contributed by atoms with E-state index in [1.54, 1.807) is 11.3 Å². The minimum absolute atomic E-state index is 0.0521. The number of rotatable bonds is 2. The maximum absolute atomic E-state index is 12.0. The van der Waals surface area contributed by atoms with E-state index in [2.05, 4.69) is 0 Å². The van der Waals surface area contributed by atoms with Crippen LogP contribution < -0.4 is 5.73 Å². The molecule has 0 spiro atoms. The molecule has 0 saturated carbocycles. The number of nitrogens with two attached hydrogens (primary N) is 1. The fourth-order valence-electron chi connectivity index (χ4n) is 1.20. The Bertz CT molecular complexity index is 335. The lowest BCUT2D eigenvalue weighted by Gasteiger charge is -2.25. The molecular formula is C11H17NOS. The van der Waals surface area contributed by atoms with Gasteiger partial charge in [0.2, 0.25) is 0 Å². The molecule has 0 saturated heterocycles. The monoisotopic (exact) mass is 211 g/mol. The summed E-state index contributed by atoms with van der Waals surface area (Å²) < 4.78 is 0. The summed E-state index contributed by atoms with van der Waals surface area (Å²) in [5.41, 5.74) is 6.51. The second-order valence-electron chi connectivity index (χ2n) is 4.60. The van der Waals surface area contributed by atoms with Gasteiger partial charge in [-0.1, -0.05) is 20.8 Å². The number of aryl methyl sites for hydroxylation is 1. The Balaban J connectivity index is 2.92. The van der Waals surface area contributed by atoms with Crippen molar-refractivity contribution in [3.8, 4) is 0 Å². The Morgan fingerprint density at radius 1 is 1.50 bits per heavy atom. The summed E-state index contributed by atoms with van der Waals surface area (Å²) >= 11 is 1.58. The van der Waals surface area contributed by atoms with Gasteiger partial charge >= 0.3 is 0 Å². The van der Waals surface area contributed by atoms with Crippen LogP contribution in [0.15, 0.2) is 11.4 Å². The maximum Gasteiger partial charge on any atom is 0.181 e. The highest BCUT2D eigenvalue weighted by Crippen LogP contribution is 2.24. The molecule has 2 N–H and O–H groups in total. The lowest BCUT2D eigenvalue weighted by atomic mass is 9.83. The van der Waals surface area contributed by atoms with Gasteiger partial charge in [0.25, 0.3) is 0 Å². The van der Waals surface area contributed by atoms with Crippen LogP contribution in [0.25, 0.3) is 0 Å². The van der Waals surface area contributed by atoms with Gasteiger partial charge in [0.1, 0.15) is 0 Å². The van der Waals surface area contributed by atoms with Crippen molar-refractivity contribution >= 4 is 17.1 Å². The first-order chi connectivity index (χ1) is 6.34. The molecule has 14 heavy (non-hydrogen) atoms. The minimum Gasteiger partial charge on any atom is -0.321 e. The van der Waals surface area contributed by atoms with E-state index in [0.717, 1.165) is 10.4 Å². The first-order valence-electron chi connectivity index (χ1n) is 4.68. The highest BCUT2D eigenvalue weighted by atomic mass is 32.1. The quantitative estimate of drug-likeness (QED) is 0.764. The molecule has 0 fully saturated rings. The van der Waals surface area contributed by atoms with Crippen LogP contribution in [-0.2, 0) is 0 Å². The molecule has 1 unspecified atom stereocenters. The van der Waals surface area contributed by atoms with E-state index in [4.69, 9.17) is 5.73 Å². The van der Waals surface area contributed by atoms with Gasteiger partial charge in [-0.15, -0.1) is 11.3 Å². The van der Waals surface area contributed by atoms with Gasteiger partial charge in [0.15, 0.2) is 5.78 Å². The Hall–Kier alpha value is -0.670. The average molecular weight is 211 g/mol. The molecule has 1 heterocycles. The largest absolute Gasteiger partial charge is 0.321 e. The van der Waals surface area contributed by atoms with Gasteiger partial charge < -0.3 is 5.73 Å². The molecule has 78 valence electrons. The van der Waals surface area contributed by atoms with E-state index in [9.17, 15) is 4.79 Å². The molecule has 1 atom stereocenters. The Kier molecular flexibility index (Phi) is 3.12. The summed E-state index contributed by atoms with van der Waals surface area (Å²) in [7, 11) is 0. The van der Waals surface area contributed by atoms with Crippen LogP contribution in [0.2, 0.25) is 0 Å². The molecule has 0 aromatic carbocycles. The third-order valence-electron chi connectivity index (χ3n) is 2.34. The zero-order valence-electron chi connectivity index (χ0n) is 9.13. The zero-order valence-corrected chi connectivity index (χ0v) is 9.94. The van der Waals surface area contributed by atoms with Crippen molar-refractivity contribution in [2.45, 2.75) is 33.7 Å². The minimum atomic E-state index is -0.421. The van der Waals surface area contributed by atoms with Gasteiger partial charge in [-0.3, -0.25) is 4.79 Å². The van der Waals surface area contributed by atoms with Crippen LogP contribution in [0.4, 0.5) is 0 Å². The predicted octanol–water partition coefficient (Wildman–Crippen LogP) is 2.61. The van der Waals surface area contributed by atoms with E-state index in [1.165, 1.54) is 0 Å². The van der Waals surface area contributed by atoms with E-state index < -0.39 is 6.04 Å². The van der Waals surface area contributed by atoms with Crippen LogP contribution in [0, 0.1) is 12.3 Å². The first-order valence-corrected chi connectivity index (χ1v) is 5.56. The van der Waals surface area contributed by atoms with E-state index >= 15 is 0 Å². The van der Waals surface area contributed by atoms with Gasteiger partial charge in [0.05, 0.1) is 6.04 Å². The number of ketones is 1. The highest BCUT2D eigenvalue weighted by Gasteiger charge is 2.29. The second-order valence-corrected chi connectivity index (χ2v) is 5.72. The molecule has 1 aromatic rings. The third-order valence-corrected chi connectivity index (χ3v) is 3.19. The van der Waals surface area contributed by atoms with Crippen molar-refractivity contribution in [1.82, 2.24) is 0 Å². The topological polar surface area (TPSA) is 43.1 Å². The van der Waals surface area contributed by atoms with Gasteiger partial charge in [-0.05, 0) is 23.8 Å². The molecule has 2 nitrogen and oxygen atoms in total. The Labute approximate surface area is 89.1 Å². The Morgan fingerprint density at radius 2 is 2.07 bits per heavy atom. The number of hydrogen-bond acceptors (Lipinski definition) is 3. The summed E-state index contributed by atoms with van der Waals surface area (Å²) in [5, 5.41) is 1.93. The molecule has 0 radical (unpaired) electrons. The van der Waals surface area contributed by atoms with Crippen molar-refractivity contribution in [3.63, 3.8) is 0 Å². The van der Waals surface area contributed by atoms with Gasteiger partial charge in [-0.2, -0.15) is 0 Å². The lowest BCUT2D eigenvalue weighted by molar-refractivity contribution is 0.0901. The molecule has 3 heteroatoms. The molecule has 0 aliphatic rings. The number of carbonyl (C=O) groups is 1. The van der Waals surface area contributed by atoms with Crippen LogP contribution in [-0.4, -0.2) is 11.8 Å². The van der Waals surface area contributed by atoms with E-state index in [1.807, 2.05) is 39.1 Å². The lowest BCUT2D eigenvalue weighted by Crippen LogP contribution is -2.42. The van der Waals surface area contributed by atoms with Crippen molar-refractivity contribution in [2.75, 3.05) is 0 Å². The van der Waals surface area contributed by atoms with E-state index in [0.29, 0.717) is 0 Å². The van der Waals surface area contributed by atoms with Gasteiger partial charge in [0, 0.05) is 10.4 Å². The zero-order chi connectivity index (χ0) is 10.9. The summed E-state index contributed by atoms with van der Waals surface area (Å²) in [5.74, 6) is 0.0521. The van der Waals surface area contributed by atoms with E-state index in [-0.39, 0.29) is 11.2 Å². The van der Waals surface area contributed by atoms with Gasteiger partial charge in [-0.25, -0.2) is 0 Å². The first kappa shape index (κ1) is 11.4. The molecule has 1 aromatic heterocycles. The highest BCUT2D eigenvalue weighted by molar-refractivity contribution is 7.10. The Morgan fingerprint density at radius 3 is 2.43 bits per heavy atom. The molecule has 1 rings (SSSR count). The molecular weight excluding hydrogens is 194 g/mol. The van der Waals surface area contributed by atoms with Crippen molar-refractivity contribution in [2.24, 2.45) is 11.1 Å². The fourth-order valence-corrected chi connectivity index (χ4v) is 1.91. The molecule has 0 aliphatic carbocycles. The maximum atomic E-state index is 12.0. The number of Topliss-reactive ketones (excluding diaryl/α,β-unsaturated/α-hetero) is 1. The SMILES string of the molecule is Cc1sccc1C(=O)C(N)C(C)(C)C. The summed E-state index contributed by atoms with van der Waals surface area (Å²) in [6.07, 6.45) is 0. The van der Waals surface area contributed by atoms with Crippen LogP contribution in [0.5, 0.6) is 0 Å². The normalized spacial score (nSPS) is 14.1. The second kappa shape index (κ2) is 3.83. The third kappa shape index (κ3) is 2.22. The van der Waals surface area contributed by atoms with Crippen LogP contribution in [0.3, 0.4) is 0 Å². The summed E-state index contributed by atoms with van der Waals surface area (Å²) in [4.78, 5) is 13.0. The summed E-state index contributed by atoms with van der Waals surface area (Å²) in [6, 6.07) is 1.43. The molecule has 0 aliphatic heterocycles. The number of hydrogen-bond donors (Lipinski definition) is 1. The standard InChI is InChI=1S/C11H17NOS/c1-7-8(5-6-14-7)9(13)10(12)11(2,3)4/h5-6,10H,12H2,1-4H3. The fraction of sp³-hybridized carbons (Fsp3) is 0.545. The average Bonchev–Trinajstić information content (AvgIpc) is 2.47. The van der Waals surface area contributed by atoms with Crippen molar-refractivity contribution < 1.29 is 4.79 Å². The van der Waals surface area contributed by atoms with Crippen molar-refractivity contribution in [1.29, 1.82) is 0 Å². The van der Waals surface area contributed by atoms with Crippen LogP contribution in [0.1, 0.15) is 36.0 Å². The number of carbonyl (C=O) groups excluding carboxylic acids is 1. The van der Waals surface area contributed by atoms with Crippen LogP contribution >= 0.6 is 11.3 Å². The molecule has 0 bridgehead atoms. The smallest absolute Gasteiger partial charge is 0.181 e. The summed E-state index contributed by atoms with van der Waals surface area (Å²) in [6.45, 7) is 7.90. The number of thiophene rings is 1. The van der Waals surface area contributed by atoms with Crippen molar-refractivity contribution in [3.05, 3.63) is 21.9 Å². The predicted molar refractivity (Wildman–Crippen MR) is 60.8 cm³/mol. The molecule has 0 amide bonds.